The number of amides is 1. The van der Waals surface area contributed by atoms with Gasteiger partial charge in [-0.05, 0) is 50.4 Å². The Morgan fingerprint density at radius 1 is 1.15 bits per heavy atom. The second-order valence-corrected chi connectivity index (χ2v) is 18.1. The summed E-state index contributed by atoms with van der Waals surface area (Å²) in [5.74, 6) is -2.36. The van der Waals surface area contributed by atoms with E-state index in [0.29, 0.717) is 50.8 Å². The van der Waals surface area contributed by atoms with Crippen molar-refractivity contribution in [3.05, 3.63) is 18.2 Å². The standard InChI is InChI=1S/C35H53N3O12S2/c1-16(2)22-13-38-33(45)35(46)30(47-15-52-51-14-23(22)18-9-10-37-12-18)27(41)29(32(43)44)50-34(35)48-20-7-8-21-24(11-20)49-28(31(36)42)25(26(21)40)17-3-5-19(39)6-4-17/h9-10,12,16-17,19-30,33-34,38-41,46H,3-8,11,13-15H2,1-2H3,(H2,36,42)(H,43,44)/p+1/t17?,19?,20?,21?,22-,23-,24?,25?,26?,27-,28?,29+,30+,33-,34-,35-/m1/s1. The molecule has 4 heterocycles. The van der Waals surface area contributed by atoms with Crippen molar-refractivity contribution in [2.45, 2.75) is 126 Å². The molecule has 2 saturated carbocycles. The maximum Gasteiger partial charge on any atom is 0.297 e. The number of carboxylic acid groups (broad SMARTS) is 1. The summed E-state index contributed by atoms with van der Waals surface area (Å²) in [5, 5.41) is 73.3. The van der Waals surface area contributed by atoms with E-state index in [1.807, 2.05) is 12.3 Å². The Kier molecular flexibility index (Phi) is 13.2. The molecule has 0 aromatic rings. The number of hydrogen-bond acceptors (Lipinski definition) is 14. The van der Waals surface area contributed by atoms with E-state index < -0.39 is 84.7 Å². The Bertz CT molecular complexity index is 1320. The molecule has 15 nitrogen and oxygen atoms in total. The number of nitrogens with two attached hydrogens (primary N) is 2. The third-order valence-corrected chi connectivity index (χ3v) is 14.4. The molecule has 17 heteroatoms. The van der Waals surface area contributed by atoms with Crippen LogP contribution in [-0.4, -0.2) is 128 Å². The first-order valence-electron chi connectivity index (χ1n) is 18.5. The molecule has 292 valence electrons. The van der Waals surface area contributed by atoms with Crippen LogP contribution in [0.5, 0.6) is 0 Å². The SMILES string of the molecule is CC(C)[C@H]1C[NH2+][C@H]([O-])[C@@]2(O)[C@H](OC3CCC4C(C3)[OH+]C(C(N)=O)C(C3CCC(O)CC3)C4O)O[C@H](C(=O)[O-])[C@@H](O)[C@@H]2OCSSC[C@@H]1C1=C[CH+]N=C1. The van der Waals surface area contributed by atoms with Crippen molar-refractivity contribution in [3.8, 4) is 0 Å². The molecule has 9 N–H and O–H groups in total. The van der Waals surface area contributed by atoms with E-state index in [1.165, 1.54) is 26.9 Å². The molecule has 4 aliphatic heterocycles. The highest BCUT2D eigenvalue weighted by atomic mass is 33.1. The number of carbonyl (C=O) groups excluding carboxylic acids is 2. The van der Waals surface area contributed by atoms with E-state index >= 15 is 0 Å². The van der Waals surface area contributed by atoms with E-state index in [4.69, 9.17) is 24.7 Å². The number of rotatable bonds is 7. The van der Waals surface area contributed by atoms with E-state index in [0.717, 1.165) is 5.57 Å². The lowest BCUT2D eigenvalue weighted by Crippen LogP contribution is -3.02. The van der Waals surface area contributed by atoms with Gasteiger partial charge in [0.1, 0.15) is 36.4 Å². The number of aliphatic carboxylic acids is 1. The lowest BCUT2D eigenvalue weighted by Gasteiger charge is -2.54. The van der Waals surface area contributed by atoms with Gasteiger partial charge in [-0.3, -0.25) is 4.79 Å². The molecule has 14 atom stereocenters. The molecule has 3 saturated heterocycles. The van der Waals surface area contributed by atoms with Crippen LogP contribution in [0.4, 0.5) is 0 Å². The number of ether oxygens (including phenoxy) is 4. The fraction of sp³-hybridized carbons (Fsp3) is 0.829. The lowest BCUT2D eigenvalue weighted by atomic mass is 9.66. The molecule has 0 radical (unpaired) electrons. The summed E-state index contributed by atoms with van der Waals surface area (Å²) in [6.45, 7) is 6.18. The van der Waals surface area contributed by atoms with Gasteiger partial charge in [-0.25, -0.2) is 0 Å². The minimum atomic E-state index is -2.55. The Balaban J connectivity index is 1.23. The number of quaternary nitrogens is 1. The molecule has 0 aromatic heterocycles. The summed E-state index contributed by atoms with van der Waals surface area (Å²) >= 11 is 0. The van der Waals surface area contributed by atoms with Crippen LogP contribution in [-0.2, 0) is 23.8 Å². The van der Waals surface area contributed by atoms with Crippen LogP contribution in [0, 0.1) is 42.1 Å². The second-order valence-electron chi connectivity index (χ2n) is 15.6. The van der Waals surface area contributed by atoms with Gasteiger partial charge in [0.2, 0.25) is 6.10 Å². The van der Waals surface area contributed by atoms with Crippen molar-refractivity contribution >= 4 is 39.7 Å². The molecule has 0 bridgehead atoms. The van der Waals surface area contributed by atoms with Crippen LogP contribution in [0.3, 0.4) is 0 Å². The maximum absolute atomic E-state index is 14.3. The number of aliphatic imine (C=N–C) groups is 1. The predicted molar refractivity (Wildman–Crippen MR) is 186 cm³/mol. The number of carbonyl (C=O) groups is 2. The largest absolute Gasteiger partial charge is 0.804 e. The molecule has 6 unspecified atom stereocenters. The van der Waals surface area contributed by atoms with Gasteiger partial charge in [-0.15, -0.1) is 4.99 Å². The Morgan fingerprint density at radius 3 is 2.56 bits per heavy atom. The van der Waals surface area contributed by atoms with Gasteiger partial charge < -0.3 is 65.4 Å². The molecule has 5 fully saturated rings. The van der Waals surface area contributed by atoms with Crippen LogP contribution >= 0.6 is 21.6 Å². The van der Waals surface area contributed by atoms with Gasteiger partial charge in [0.25, 0.3) is 5.91 Å². The summed E-state index contributed by atoms with van der Waals surface area (Å²) in [7, 11) is 2.86. The molecule has 6 aliphatic rings. The second kappa shape index (κ2) is 17.1. The average molecular weight is 773 g/mol. The first kappa shape index (κ1) is 40.2. The number of hydrogen-bond donors (Lipinski definition) is 6. The van der Waals surface area contributed by atoms with E-state index in [9.17, 15) is 40.2 Å². The van der Waals surface area contributed by atoms with Crippen LogP contribution < -0.4 is 21.3 Å². The third-order valence-electron chi connectivity index (χ3n) is 12.3. The minimum absolute atomic E-state index is 0.00348. The summed E-state index contributed by atoms with van der Waals surface area (Å²) in [6.07, 6.45) is -5.59. The van der Waals surface area contributed by atoms with Crippen molar-refractivity contribution in [2.24, 2.45) is 46.2 Å². The number of allylic oxidation sites excluding steroid dienone is 1. The van der Waals surface area contributed by atoms with Gasteiger partial charge in [-0.2, -0.15) is 0 Å². The lowest BCUT2D eigenvalue weighted by molar-refractivity contribution is -0.837. The van der Waals surface area contributed by atoms with Crippen LogP contribution in [0.25, 0.3) is 0 Å². The third kappa shape index (κ3) is 8.21. The van der Waals surface area contributed by atoms with Crippen molar-refractivity contribution in [3.63, 3.8) is 0 Å². The first-order valence-corrected chi connectivity index (χ1v) is 21.0. The van der Waals surface area contributed by atoms with Gasteiger partial charge in [0.15, 0.2) is 24.2 Å². The highest BCUT2D eigenvalue weighted by molar-refractivity contribution is 8.76. The number of fused-ring (bicyclic) bond motifs is 2. The fourth-order valence-corrected chi connectivity index (χ4v) is 11.5. The van der Waals surface area contributed by atoms with Crippen LogP contribution in [0.15, 0.2) is 16.6 Å². The molecular formula is C35H54N3O12S2+. The Labute approximate surface area is 311 Å². The number of aliphatic hydroxyl groups excluding tert-OH is 3. The summed E-state index contributed by atoms with van der Waals surface area (Å²) in [4.78, 5) is 29.2. The number of aliphatic hydroxyl groups is 6. The molecule has 0 aromatic carbocycles. The molecular weight excluding hydrogens is 719 g/mol. The van der Waals surface area contributed by atoms with Crippen molar-refractivity contribution in [1.29, 1.82) is 0 Å². The predicted octanol–water partition coefficient (Wildman–Crippen LogP) is -2.92. The molecule has 6 rings (SSSR count). The quantitative estimate of drug-likeness (QED) is 0.0863. The number of nitrogens with zero attached hydrogens (tertiary/aromatic N) is 1. The molecule has 52 heavy (non-hydrogen) atoms. The minimum Gasteiger partial charge on any atom is -0.804 e. The van der Waals surface area contributed by atoms with Crippen LogP contribution in [0.2, 0.25) is 0 Å². The smallest absolute Gasteiger partial charge is 0.297 e. The fourth-order valence-electron chi connectivity index (χ4n) is 9.43. The Hall–Kier alpha value is -1.48. The highest BCUT2D eigenvalue weighted by Crippen LogP contribution is 2.46. The topological polar surface area (TPSA) is 257 Å². The monoisotopic (exact) mass is 772 g/mol. The summed E-state index contributed by atoms with van der Waals surface area (Å²) in [5.41, 5.74) is 4.33. The van der Waals surface area contributed by atoms with Gasteiger partial charge in [-0.1, -0.05) is 35.4 Å². The number of carboxylic acids is 1. The van der Waals surface area contributed by atoms with Gasteiger partial charge in [0, 0.05) is 18.1 Å². The normalized spacial score (nSPS) is 46.2. The number of primary amides is 1. The zero-order chi connectivity index (χ0) is 37.3. The molecule has 1 amide bonds. The molecule has 0 spiro atoms. The molecule has 2 aliphatic carbocycles. The van der Waals surface area contributed by atoms with E-state index in [1.54, 1.807) is 6.54 Å². The maximum atomic E-state index is 14.3. The van der Waals surface area contributed by atoms with Gasteiger partial charge >= 0.3 is 0 Å². The average Bonchev–Trinajstić information content (AvgIpc) is 3.64. The van der Waals surface area contributed by atoms with Crippen molar-refractivity contribution in [1.82, 2.24) is 0 Å². The zero-order valence-corrected chi connectivity index (χ0v) is 31.2. The van der Waals surface area contributed by atoms with Crippen molar-refractivity contribution < 1.29 is 64.5 Å². The van der Waals surface area contributed by atoms with Crippen molar-refractivity contribution in [2.75, 3.05) is 18.2 Å². The Morgan fingerprint density at radius 2 is 1.90 bits per heavy atom. The summed E-state index contributed by atoms with van der Waals surface area (Å²) in [6, 6.07) is 0. The van der Waals surface area contributed by atoms with Gasteiger partial charge in [0.05, 0.1) is 60.9 Å². The highest BCUT2D eigenvalue weighted by Gasteiger charge is 2.62. The zero-order valence-electron chi connectivity index (χ0n) is 29.6. The van der Waals surface area contributed by atoms with E-state index in [2.05, 4.69) is 18.8 Å². The van der Waals surface area contributed by atoms with E-state index in [-0.39, 0.29) is 41.9 Å². The van der Waals surface area contributed by atoms with Crippen LogP contribution in [0.1, 0.15) is 58.8 Å². The first-order chi connectivity index (χ1) is 24.8. The summed E-state index contributed by atoms with van der Waals surface area (Å²) < 4.78 is 22.9.